The first kappa shape index (κ1) is 20.0. The molecule has 1 aliphatic heterocycles. The molecule has 150 valence electrons. The van der Waals surface area contributed by atoms with Crippen LogP contribution in [0.2, 0.25) is 0 Å². The molecular weight excluding hydrogens is 380 g/mol. The predicted octanol–water partition coefficient (Wildman–Crippen LogP) is 3.31. The zero-order valence-electron chi connectivity index (χ0n) is 16.3. The summed E-state index contributed by atoms with van der Waals surface area (Å²) in [5.41, 5.74) is 0.837. The number of nitrogens with one attached hydrogen (secondary N) is 1. The van der Waals surface area contributed by atoms with Crippen LogP contribution in [0.1, 0.15) is 19.4 Å². The average Bonchev–Trinajstić information content (AvgIpc) is 3.18. The van der Waals surface area contributed by atoms with Gasteiger partial charge >= 0.3 is 0 Å². The van der Waals surface area contributed by atoms with Gasteiger partial charge in [0.25, 0.3) is 10.0 Å². The maximum absolute atomic E-state index is 12.9. The molecule has 0 aromatic heterocycles. The third-order valence-electron chi connectivity index (χ3n) is 4.53. The Morgan fingerprint density at radius 1 is 1.11 bits per heavy atom. The molecule has 0 radical (unpaired) electrons. The molecule has 2 aromatic rings. The Balaban J connectivity index is 2.00. The molecule has 0 spiro atoms. The molecular formula is C20H24N2O5S. The lowest BCUT2D eigenvalue weighted by Gasteiger charge is -2.16. The van der Waals surface area contributed by atoms with Crippen LogP contribution in [0.5, 0.6) is 11.5 Å². The summed E-state index contributed by atoms with van der Waals surface area (Å²) in [5, 5.41) is 0. The molecule has 0 bridgehead atoms. The van der Waals surface area contributed by atoms with Gasteiger partial charge in [-0.15, -0.1) is 0 Å². The van der Waals surface area contributed by atoms with Gasteiger partial charge in [0.15, 0.2) is 0 Å². The lowest BCUT2D eigenvalue weighted by Crippen LogP contribution is -2.17. The van der Waals surface area contributed by atoms with E-state index in [1.54, 1.807) is 30.3 Å². The molecule has 1 aliphatic rings. The van der Waals surface area contributed by atoms with Gasteiger partial charge in [-0.1, -0.05) is 19.9 Å². The summed E-state index contributed by atoms with van der Waals surface area (Å²) in [5.74, 6) is 1.69. The van der Waals surface area contributed by atoms with Crippen molar-refractivity contribution in [1.82, 2.24) is 0 Å². The molecule has 0 saturated heterocycles. The van der Waals surface area contributed by atoms with Crippen molar-refractivity contribution < 1.29 is 22.6 Å². The fraction of sp³-hybridized carbons (Fsp3) is 0.350. The standard InChI is InChI=1S/C20H24N2O5S/c1-13(2)17-12-27-20(21-17)16-6-5-7-18(26-4)19(16)22-28(23,24)15-10-8-14(25-3)9-11-15/h5-11,13,17,22H,12H2,1-4H3/t17-/m0/s1. The van der Waals surface area contributed by atoms with Gasteiger partial charge in [0, 0.05) is 0 Å². The molecule has 8 heteroatoms. The number of anilines is 1. The van der Waals surface area contributed by atoms with Crippen LogP contribution in [-0.4, -0.2) is 41.2 Å². The van der Waals surface area contributed by atoms with Crippen molar-refractivity contribution in [1.29, 1.82) is 0 Å². The number of hydrogen-bond donors (Lipinski definition) is 1. The van der Waals surface area contributed by atoms with E-state index in [1.165, 1.54) is 26.4 Å². The van der Waals surface area contributed by atoms with Crippen molar-refractivity contribution in [2.45, 2.75) is 24.8 Å². The molecule has 0 amide bonds. The topological polar surface area (TPSA) is 86.2 Å². The first-order valence-electron chi connectivity index (χ1n) is 8.90. The smallest absolute Gasteiger partial charge is 0.262 e. The molecule has 7 nitrogen and oxygen atoms in total. The minimum Gasteiger partial charge on any atom is -0.497 e. The number of benzene rings is 2. The van der Waals surface area contributed by atoms with Gasteiger partial charge in [-0.3, -0.25) is 4.72 Å². The van der Waals surface area contributed by atoms with Crippen LogP contribution in [0, 0.1) is 5.92 Å². The second kappa shape index (κ2) is 8.10. The summed E-state index contributed by atoms with van der Waals surface area (Å²) in [6.07, 6.45) is 0. The fourth-order valence-electron chi connectivity index (χ4n) is 2.81. The number of nitrogens with zero attached hydrogens (tertiary/aromatic N) is 1. The molecule has 28 heavy (non-hydrogen) atoms. The summed E-state index contributed by atoms with van der Waals surface area (Å²) < 4.78 is 44.7. The van der Waals surface area contributed by atoms with Crippen LogP contribution < -0.4 is 14.2 Å². The lowest BCUT2D eigenvalue weighted by atomic mass is 10.1. The average molecular weight is 404 g/mol. The number of para-hydroxylation sites is 1. The zero-order chi connectivity index (χ0) is 20.3. The van der Waals surface area contributed by atoms with Crippen LogP contribution in [0.15, 0.2) is 52.4 Å². The van der Waals surface area contributed by atoms with Crippen molar-refractivity contribution in [3.63, 3.8) is 0 Å². The first-order chi connectivity index (χ1) is 13.4. The highest BCUT2D eigenvalue weighted by atomic mass is 32.2. The molecule has 2 aromatic carbocycles. The number of hydrogen-bond acceptors (Lipinski definition) is 6. The van der Waals surface area contributed by atoms with E-state index in [1.807, 2.05) is 0 Å². The Morgan fingerprint density at radius 2 is 1.82 bits per heavy atom. The molecule has 1 heterocycles. The third-order valence-corrected chi connectivity index (χ3v) is 5.89. The van der Waals surface area contributed by atoms with Gasteiger partial charge in [0.1, 0.15) is 23.8 Å². The number of methoxy groups -OCH3 is 2. The summed E-state index contributed by atoms with van der Waals surface area (Å²) in [6, 6.07) is 11.4. The number of rotatable bonds is 7. The summed E-state index contributed by atoms with van der Waals surface area (Å²) in [6.45, 7) is 4.60. The third kappa shape index (κ3) is 4.06. The molecule has 3 rings (SSSR count). The molecule has 0 aliphatic carbocycles. The monoisotopic (exact) mass is 404 g/mol. The van der Waals surface area contributed by atoms with Crippen molar-refractivity contribution in [3.8, 4) is 11.5 Å². The zero-order valence-corrected chi connectivity index (χ0v) is 17.1. The van der Waals surface area contributed by atoms with E-state index in [0.717, 1.165) is 0 Å². The van der Waals surface area contributed by atoms with Crippen molar-refractivity contribution in [3.05, 3.63) is 48.0 Å². The number of aliphatic imine (C=N–C) groups is 1. The van der Waals surface area contributed by atoms with Crippen molar-refractivity contribution in [2.75, 3.05) is 25.5 Å². The highest BCUT2D eigenvalue weighted by Gasteiger charge is 2.27. The van der Waals surface area contributed by atoms with Crippen LogP contribution in [-0.2, 0) is 14.8 Å². The van der Waals surface area contributed by atoms with E-state index < -0.39 is 10.0 Å². The van der Waals surface area contributed by atoms with Gasteiger partial charge < -0.3 is 14.2 Å². The fourth-order valence-corrected chi connectivity index (χ4v) is 3.90. The minimum absolute atomic E-state index is 0.0345. The maximum Gasteiger partial charge on any atom is 0.262 e. The molecule has 1 atom stereocenters. The summed E-state index contributed by atoms with van der Waals surface area (Å²) in [4.78, 5) is 4.72. The highest BCUT2D eigenvalue weighted by molar-refractivity contribution is 7.92. The Bertz CT molecular complexity index is 969. The number of ether oxygens (including phenoxy) is 3. The highest BCUT2D eigenvalue weighted by Crippen LogP contribution is 2.33. The van der Waals surface area contributed by atoms with E-state index in [-0.39, 0.29) is 10.9 Å². The van der Waals surface area contributed by atoms with Gasteiger partial charge in [0.2, 0.25) is 5.90 Å². The normalized spacial score (nSPS) is 16.5. The minimum atomic E-state index is -3.85. The Morgan fingerprint density at radius 3 is 2.39 bits per heavy atom. The molecule has 0 saturated carbocycles. The first-order valence-corrected chi connectivity index (χ1v) is 10.4. The lowest BCUT2D eigenvalue weighted by molar-refractivity contribution is 0.292. The van der Waals surface area contributed by atoms with Crippen LogP contribution in [0.4, 0.5) is 5.69 Å². The van der Waals surface area contributed by atoms with Crippen molar-refractivity contribution in [2.24, 2.45) is 10.9 Å². The van der Waals surface area contributed by atoms with Crippen LogP contribution in [0.25, 0.3) is 0 Å². The Labute approximate surface area is 165 Å². The predicted molar refractivity (Wildman–Crippen MR) is 108 cm³/mol. The van der Waals surface area contributed by atoms with E-state index >= 15 is 0 Å². The van der Waals surface area contributed by atoms with Crippen LogP contribution >= 0.6 is 0 Å². The molecule has 0 fully saturated rings. The van der Waals surface area contributed by atoms with Gasteiger partial charge in [-0.2, -0.15) is 0 Å². The second-order valence-corrected chi connectivity index (χ2v) is 8.40. The van der Waals surface area contributed by atoms with Gasteiger partial charge in [0.05, 0.1) is 30.7 Å². The Kier molecular flexibility index (Phi) is 5.79. The Hall–Kier alpha value is -2.74. The second-order valence-electron chi connectivity index (χ2n) is 6.72. The van der Waals surface area contributed by atoms with E-state index in [4.69, 9.17) is 14.2 Å². The van der Waals surface area contributed by atoms with Gasteiger partial charge in [-0.25, -0.2) is 13.4 Å². The van der Waals surface area contributed by atoms with E-state index in [0.29, 0.717) is 41.2 Å². The molecule has 0 unspecified atom stereocenters. The van der Waals surface area contributed by atoms with Crippen LogP contribution in [0.3, 0.4) is 0 Å². The van der Waals surface area contributed by atoms with E-state index in [9.17, 15) is 8.42 Å². The van der Waals surface area contributed by atoms with Gasteiger partial charge in [-0.05, 0) is 42.3 Å². The number of sulfonamides is 1. The largest absolute Gasteiger partial charge is 0.497 e. The quantitative estimate of drug-likeness (QED) is 0.765. The van der Waals surface area contributed by atoms with Crippen molar-refractivity contribution >= 4 is 21.6 Å². The SMILES string of the molecule is COc1ccc(S(=O)(=O)Nc2c(OC)cccc2C2=N[C@H](C(C)C)CO2)cc1. The summed E-state index contributed by atoms with van der Waals surface area (Å²) >= 11 is 0. The maximum atomic E-state index is 12.9. The summed E-state index contributed by atoms with van der Waals surface area (Å²) in [7, 11) is -0.841. The molecule has 1 N–H and O–H groups in total. The van der Waals surface area contributed by atoms with E-state index in [2.05, 4.69) is 23.6 Å².